The van der Waals surface area contributed by atoms with Crippen LogP contribution in [0, 0.1) is 10.7 Å². The van der Waals surface area contributed by atoms with Crippen LogP contribution in [0.4, 0.5) is 0 Å². The minimum atomic E-state index is -0.787. The monoisotopic (exact) mass is 614 g/mol. The highest BCUT2D eigenvalue weighted by Gasteiger charge is 2.14. The van der Waals surface area contributed by atoms with Crippen LogP contribution in [0.1, 0.15) is 36.0 Å². The number of esters is 1. The summed E-state index contributed by atoms with van der Waals surface area (Å²) in [5.74, 6) is -1.10. The molecule has 0 aliphatic rings. The Morgan fingerprint density at radius 1 is 1.10 bits per heavy atom. The van der Waals surface area contributed by atoms with Gasteiger partial charge in [0.2, 0.25) is 0 Å². The van der Waals surface area contributed by atoms with Crippen LogP contribution in [0.3, 0.4) is 0 Å². The Labute approximate surface area is 158 Å². The summed E-state index contributed by atoms with van der Waals surface area (Å²) >= 11 is 6.51. The minimum absolute atomic E-state index is 0.168. The van der Waals surface area contributed by atoms with Gasteiger partial charge in [0.05, 0.1) is 12.2 Å². The van der Waals surface area contributed by atoms with Crippen LogP contribution in [-0.4, -0.2) is 23.7 Å². The SMILES string of the molecule is O=C(O)CCCCCOC(=O)c1cc(I)cc(I)c1I. The van der Waals surface area contributed by atoms with Crippen molar-refractivity contribution >= 4 is 79.7 Å². The second-order valence-electron chi connectivity index (χ2n) is 4.09. The van der Waals surface area contributed by atoms with E-state index >= 15 is 0 Å². The van der Waals surface area contributed by atoms with E-state index in [1.54, 1.807) is 0 Å². The van der Waals surface area contributed by atoms with E-state index in [9.17, 15) is 9.59 Å². The van der Waals surface area contributed by atoms with E-state index < -0.39 is 5.97 Å². The number of hydrogen-bond acceptors (Lipinski definition) is 3. The molecule has 0 saturated heterocycles. The quantitative estimate of drug-likeness (QED) is 0.216. The fourth-order valence-electron chi connectivity index (χ4n) is 1.50. The third-order valence-electron chi connectivity index (χ3n) is 2.48. The molecule has 0 radical (unpaired) electrons. The van der Waals surface area contributed by atoms with Crippen molar-refractivity contribution in [1.82, 2.24) is 0 Å². The maximum atomic E-state index is 12.0. The molecule has 0 spiro atoms. The van der Waals surface area contributed by atoms with Crippen LogP contribution in [0.25, 0.3) is 0 Å². The van der Waals surface area contributed by atoms with Crippen molar-refractivity contribution in [3.05, 3.63) is 28.4 Å². The molecule has 1 aromatic carbocycles. The Hall–Kier alpha value is 0.350. The highest BCUT2D eigenvalue weighted by molar-refractivity contribution is 14.1. The van der Waals surface area contributed by atoms with E-state index in [0.717, 1.165) is 17.1 Å². The molecule has 0 aromatic heterocycles. The normalized spacial score (nSPS) is 10.3. The van der Waals surface area contributed by atoms with Crippen molar-refractivity contribution < 1.29 is 19.4 Å². The molecule has 0 bridgehead atoms. The van der Waals surface area contributed by atoms with Gasteiger partial charge in [-0.3, -0.25) is 4.79 Å². The number of aliphatic carboxylic acids is 1. The van der Waals surface area contributed by atoms with Crippen LogP contribution < -0.4 is 0 Å². The van der Waals surface area contributed by atoms with Crippen LogP contribution in [-0.2, 0) is 9.53 Å². The summed E-state index contributed by atoms with van der Waals surface area (Å²) in [5, 5.41) is 8.50. The zero-order valence-electron chi connectivity index (χ0n) is 10.5. The lowest BCUT2D eigenvalue weighted by Gasteiger charge is -2.08. The molecule has 110 valence electrons. The number of carbonyl (C=O) groups is 2. The molecule has 0 heterocycles. The number of ether oxygens (including phenoxy) is 1. The van der Waals surface area contributed by atoms with Crippen LogP contribution in [0.5, 0.6) is 0 Å². The lowest BCUT2D eigenvalue weighted by molar-refractivity contribution is -0.137. The van der Waals surface area contributed by atoms with Gasteiger partial charge in [-0.15, -0.1) is 0 Å². The second kappa shape index (κ2) is 9.38. The topological polar surface area (TPSA) is 63.6 Å². The van der Waals surface area contributed by atoms with E-state index in [4.69, 9.17) is 9.84 Å². The number of carbonyl (C=O) groups excluding carboxylic acids is 1. The lowest BCUT2D eigenvalue weighted by Crippen LogP contribution is -2.09. The number of unbranched alkanes of at least 4 members (excludes halogenated alkanes) is 2. The third-order valence-corrected chi connectivity index (χ3v) is 6.15. The molecule has 0 unspecified atom stereocenters. The largest absolute Gasteiger partial charge is 0.481 e. The average Bonchev–Trinajstić information content (AvgIpc) is 2.37. The number of carboxylic acids is 1. The second-order valence-corrected chi connectivity index (χ2v) is 7.58. The van der Waals surface area contributed by atoms with E-state index in [0.29, 0.717) is 25.0 Å². The molecule has 20 heavy (non-hydrogen) atoms. The van der Waals surface area contributed by atoms with Gasteiger partial charge >= 0.3 is 11.9 Å². The van der Waals surface area contributed by atoms with Crippen molar-refractivity contribution in [2.45, 2.75) is 25.7 Å². The Kier molecular flexibility index (Phi) is 8.63. The van der Waals surface area contributed by atoms with Crippen molar-refractivity contribution in [1.29, 1.82) is 0 Å². The summed E-state index contributed by atoms with van der Waals surface area (Å²) < 4.78 is 8.16. The first-order valence-electron chi connectivity index (χ1n) is 5.95. The molecule has 0 fully saturated rings. The van der Waals surface area contributed by atoms with Crippen LogP contribution in [0.15, 0.2) is 12.1 Å². The van der Waals surface area contributed by atoms with Crippen molar-refractivity contribution in [3.63, 3.8) is 0 Å². The lowest BCUT2D eigenvalue weighted by atomic mass is 10.2. The Morgan fingerprint density at radius 3 is 2.45 bits per heavy atom. The molecule has 0 atom stereocenters. The average molecular weight is 614 g/mol. The molecule has 0 amide bonds. The molecular formula is C13H13I3O4. The maximum Gasteiger partial charge on any atom is 0.339 e. The molecule has 1 N–H and O–H groups in total. The van der Waals surface area contributed by atoms with Crippen molar-refractivity contribution in [2.24, 2.45) is 0 Å². The molecule has 0 aliphatic carbocycles. The predicted octanol–water partition coefficient (Wildman–Crippen LogP) is 4.30. The first kappa shape index (κ1) is 18.4. The Balaban J connectivity index is 2.42. The zero-order valence-corrected chi connectivity index (χ0v) is 17.0. The fraction of sp³-hybridized carbons (Fsp3) is 0.385. The minimum Gasteiger partial charge on any atom is -0.481 e. The summed E-state index contributed by atoms with van der Waals surface area (Å²) in [6.45, 7) is 0.330. The first-order chi connectivity index (χ1) is 9.41. The summed E-state index contributed by atoms with van der Waals surface area (Å²) in [4.78, 5) is 22.3. The van der Waals surface area contributed by atoms with Gasteiger partial charge in [0, 0.05) is 17.1 Å². The summed E-state index contributed by atoms with van der Waals surface area (Å²) in [5.41, 5.74) is 0.590. The number of hydrogen-bond donors (Lipinski definition) is 1. The number of benzene rings is 1. The van der Waals surface area contributed by atoms with Gasteiger partial charge in [0.1, 0.15) is 0 Å². The van der Waals surface area contributed by atoms with Gasteiger partial charge in [-0.2, -0.15) is 0 Å². The smallest absolute Gasteiger partial charge is 0.339 e. The number of rotatable bonds is 7. The van der Waals surface area contributed by atoms with Gasteiger partial charge in [-0.25, -0.2) is 4.79 Å². The molecule has 4 nitrogen and oxygen atoms in total. The highest BCUT2D eigenvalue weighted by Crippen LogP contribution is 2.23. The van der Waals surface area contributed by atoms with E-state index in [1.165, 1.54) is 0 Å². The Bertz CT molecular complexity index is 503. The van der Waals surface area contributed by atoms with Gasteiger partial charge in [-0.05, 0) is 99.2 Å². The van der Waals surface area contributed by atoms with E-state index in [1.807, 2.05) is 12.1 Å². The fourth-order valence-corrected chi connectivity index (χ4v) is 3.88. The molecule has 0 aliphatic heterocycles. The maximum absolute atomic E-state index is 12.0. The van der Waals surface area contributed by atoms with Gasteiger partial charge in [-0.1, -0.05) is 0 Å². The summed E-state index contributed by atoms with van der Waals surface area (Å²) in [7, 11) is 0. The molecular weight excluding hydrogens is 601 g/mol. The van der Waals surface area contributed by atoms with Crippen LogP contribution >= 0.6 is 67.8 Å². The molecule has 7 heteroatoms. The Morgan fingerprint density at radius 2 is 1.80 bits per heavy atom. The standard InChI is InChI=1S/C13H13I3O4/c14-8-6-9(12(16)10(15)7-8)13(19)20-5-3-1-2-4-11(17)18/h6-7H,1-5H2,(H,17,18). The molecule has 1 rings (SSSR count). The summed E-state index contributed by atoms with van der Waals surface area (Å²) in [6.07, 6.45) is 2.23. The molecule has 0 saturated carbocycles. The zero-order chi connectivity index (χ0) is 15.1. The van der Waals surface area contributed by atoms with Crippen molar-refractivity contribution in [2.75, 3.05) is 6.61 Å². The third kappa shape index (κ3) is 6.41. The highest BCUT2D eigenvalue weighted by atomic mass is 127. The number of carboxylic acid groups (broad SMARTS) is 1. The van der Waals surface area contributed by atoms with E-state index in [2.05, 4.69) is 67.8 Å². The van der Waals surface area contributed by atoms with Gasteiger partial charge < -0.3 is 9.84 Å². The van der Waals surface area contributed by atoms with Crippen molar-refractivity contribution in [3.8, 4) is 0 Å². The van der Waals surface area contributed by atoms with Crippen LogP contribution in [0.2, 0.25) is 0 Å². The number of halogens is 3. The predicted molar refractivity (Wildman–Crippen MR) is 101 cm³/mol. The first-order valence-corrected chi connectivity index (χ1v) is 9.19. The molecule has 1 aromatic rings. The van der Waals surface area contributed by atoms with E-state index in [-0.39, 0.29) is 12.4 Å². The summed E-state index contributed by atoms with van der Waals surface area (Å²) in [6, 6.07) is 3.82. The van der Waals surface area contributed by atoms with Gasteiger partial charge in [0.25, 0.3) is 0 Å². The van der Waals surface area contributed by atoms with Gasteiger partial charge in [0.15, 0.2) is 0 Å².